The minimum atomic E-state index is -0.493. The van der Waals surface area contributed by atoms with Crippen molar-refractivity contribution in [2.75, 3.05) is 4.90 Å². The van der Waals surface area contributed by atoms with Crippen molar-refractivity contribution in [3.05, 3.63) is 62.5 Å². The fourth-order valence-electron chi connectivity index (χ4n) is 2.65. The Labute approximate surface area is 134 Å². The number of nitrogens with zero attached hydrogens (tertiary/aromatic N) is 3. The molecule has 0 saturated heterocycles. The van der Waals surface area contributed by atoms with Crippen LogP contribution in [0.5, 0.6) is 0 Å². The number of carbonyl (C=O) groups is 2. The number of hydrogen-bond acceptors (Lipinski definition) is 5. The molecule has 7 heteroatoms. The average molecular weight is 325 g/mol. The first-order chi connectivity index (χ1) is 11.0. The lowest BCUT2D eigenvalue weighted by molar-refractivity contribution is 0.0925. The summed E-state index contributed by atoms with van der Waals surface area (Å²) in [6.45, 7) is 3.63. The number of anilines is 1. The number of thiazole rings is 1. The van der Waals surface area contributed by atoms with E-state index in [0.717, 1.165) is 21.8 Å². The quantitative estimate of drug-likeness (QED) is 0.643. The summed E-state index contributed by atoms with van der Waals surface area (Å²) in [5, 5.41) is 0. The number of aryl methyl sites for hydroxylation is 2. The van der Waals surface area contributed by atoms with Gasteiger partial charge in [-0.1, -0.05) is 29.0 Å². The number of imide groups is 1. The van der Waals surface area contributed by atoms with Crippen molar-refractivity contribution in [2.45, 2.75) is 13.8 Å². The molecule has 1 aliphatic rings. The van der Waals surface area contributed by atoms with E-state index in [0.29, 0.717) is 16.3 Å². The molecule has 0 aliphatic carbocycles. The zero-order chi connectivity index (χ0) is 16.3. The Morgan fingerprint density at radius 2 is 1.70 bits per heavy atom. The van der Waals surface area contributed by atoms with Crippen molar-refractivity contribution < 1.29 is 9.59 Å². The van der Waals surface area contributed by atoms with E-state index in [1.54, 1.807) is 19.1 Å². The highest BCUT2D eigenvalue weighted by Gasteiger charge is 2.41. The average Bonchev–Trinajstić information content (AvgIpc) is 2.98. The van der Waals surface area contributed by atoms with E-state index in [-0.39, 0.29) is 16.1 Å². The molecule has 1 aliphatic heterocycles. The summed E-state index contributed by atoms with van der Waals surface area (Å²) in [5.41, 5.74) is 1.84. The molecule has 4 rings (SSSR count). The molecule has 0 N–H and O–H groups in total. The van der Waals surface area contributed by atoms with E-state index >= 15 is 0 Å². The maximum Gasteiger partial charge on any atom is 0.284 e. The van der Waals surface area contributed by atoms with Crippen molar-refractivity contribution in [1.29, 1.82) is 0 Å². The first-order valence-electron chi connectivity index (χ1n) is 6.96. The predicted octanol–water partition coefficient (Wildman–Crippen LogP) is 2.17. The van der Waals surface area contributed by atoms with Crippen molar-refractivity contribution in [2.24, 2.45) is 0 Å². The third-order valence-electron chi connectivity index (χ3n) is 3.74. The van der Waals surface area contributed by atoms with Gasteiger partial charge in [-0.2, -0.15) is 0 Å². The maximum absolute atomic E-state index is 12.7. The Morgan fingerprint density at radius 3 is 2.39 bits per heavy atom. The van der Waals surface area contributed by atoms with Crippen LogP contribution in [0.1, 0.15) is 31.4 Å². The van der Waals surface area contributed by atoms with Crippen molar-refractivity contribution in [3.8, 4) is 0 Å². The first kappa shape index (κ1) is 13.8. The molecule has 0 radical (unpaired) electrons. The van der Waals surface area contributed by atoms with Gasteiger partial charge in [-0.25, -0.2) is 14.3 Å². The van der Waals surface area contributed by atoms with Gasteiger partial charge in [0.25, 0.3) is 17.4 Å². The fourth-order valence-corrected chi connectivity index (χ4v) is 3.75. The molecule has 114 valence electrons. The second-order valence-corrected chi connectivity index (χ2v) is 6.39. The number of fused-ring (bicyclic) bond motifs is 3. The van der Waals surface area contributed by atoms with E-state index in [9.17, 15) is 14.4 Å². The minimum absolute atomic E-state index is 0.105. The van der Waals surface area contributed by atoms with E-state index < -0.39 is 11.8 Å². The molecule has 0 spiro atoms. The van der Waals surface area contributed by atoms with Crippen molar-refractivity contribution in [1.82, 2.24) is 9.38 Å². The zero-order valence-corrected chi connectivity index (χ0v) is 13.2. The van der Waals surface area contributed by atoms with Crippen LogP contribution in [-0.4, -0.2) is 21.2 Å². The van der Waals surface area contributed by atoms with E-state index in [1.165, 1.54) is 10.5 Å². The molecular formula is C16H11N3O3S. The van der Waals surface area contributed by atoms with Gasteiger partial charge in [-0.15, -0.1) is 0 Å². The van der Waals surface area contributed by atoms with Crippen LogP contribution in [0.2, 0.25) is 0 Å². The lowest BCUT2D eigenvalue weighted by Crippen LogP contribution is -2.31. The van der Waals surface area contributed by atoms with Gasteiger partial charge in [0.2, 0.25) is 0 Å². The standard InChI is InChI=1S/C16H11N3O3S/c1-8-3-5-10(6-4-8)18-14(21)12-13(15(18)22)23-16-17-9(2)7-11(20)19(12)16/h3-7H,1-2H3. The summed E-state index contributed by atoms with van der Waals surface area (Å²) < 4.78 is 1.22. The molecule has 2 aromatic heterocycles. The first-order valence-corrected chi connectivity index (χ1v) is 7.77. The highest BCUT2D eigenvalue weighted by Crippen LogP contribution is 2.33. The molecule has 0 saturated carbocycles. The molecule has 23 heavy (non-hydrogen) atoms. The van der Waals surface area contributed by atoms with E-state index in [1.807, 2.05) is 19.1 Å². The Bertz CT molecular complexity index is 1050. The van der Waals surface area contributed by atoms with Crippen LogP contribution in [0.4, 0.5) is 5.69 Å². The summed E-state index contributed by atoms with van der Waals surface area (Å²) in [7, 11) is 0. The van der Waals surface area contributed by atoms with Gasteiger partial charge in [0, 0.05) is 11.8 Å². The summed E-state index contributed by atoms with van der Waals surface area (Å²) in [4.78, 5) is 43.5. The van der Waals surface area contributed by atoms with Crippen LogP contribution in [0.3, 0.4) is 0 Å². The number of rotatable bonds is 1. The fraction of sp³-hybridized carbons (Fsp3) is 0.125. The topological polar surface area (TPSA) is 71.8 Å². The number of hydrogen-bond donors (Lipinski definition) is 0. The molecule has 3 heterocycles. The molecule has 2 amide bonds. The van der Waals surface area contributed by atoms with Gasteiger partial charge in [0.1, 0.15) is 10.6 Å². The Kier molecular flexibility index (Phi) is 2.76. The Balaban J connectivity index is 1.94. The summed E-state index contributed by atoms with van der Waals surface area (Å²) in [6.07, 6.45) is 0. The number of amides is 2. The molecule has 0 bridgehead atoms. The van der Waals surface area contributed by atoms with Gasteiger partial charge in [-0.3, -0.25) is 14.4 Å². The SMILES string of the molecule is Cc1ccc(N2C(=O)c3sc4nc(C)cc(=O)n4c3C2=O)cc1. The second-order valence-electron chi connectivity index (χ2n) is 5.41. The van der Waals surface area contributed by atoms with E-state index in [4.69, 9.17) is 0 Å². The zero-order valence-electron chi connectivity index (χ0n) is 12.4. The van der Waals surface area contributed by atoms with Crippen LogP contribution < -0.4 is 10.5 Å². The Morgan fingerprint density at radius 1 is 1.00 bits per heavy atom. The minimum Gasteiger partial charge on any atom is -0.269 e. The third kappa shape index (κ3) is 1.86. The normalized spacial score (nSPS) is 13.9. The second kappa shape index (κ2) is 4.60. The summed E-state index contributed by atoms with van der Waals surface area (Å²) in [5.74, 6) is -0.908. The Hall–Kier alpha value is -2.80. The molecule has 3 aromatic rings. The monoisotopic (exact) mass is 325 g/mol. The lowest BCUT2D eigenvalue weighted by Gasteiger charge is -2.14. The summed E-state index contributed by atoms with van der Waals surface area (Å²) in [6, 6.07) is 8.45. The molecule has 6 nitrogen and oxygen atoms in total. The number of benzene rings is 1. The third-order valence-corrected chi connectivity index (χ3v) is 4.77. The van der Waals surface area contributed by atoms with Gasteiger partial charge < -0.3 is 0 Å². The molecule has 1 aromatic carbocycles. The maximum atomic E-state index is 12.7. The molecule has 0 unspecified atom stereocenters. The smallest absolute Gasteiger partial charge is 0.269 e. The van der Waals surface area contributed by atoms with Gasteiger partial charge >= 0.3 is 0 Å². The van der Waals surface area contributed by atoms with Crippen LogP contribution in [0.15, 0.2) is 35.1 Å². The van der Waals surface area contributed by atoms with Crippen molar-refractivity contribution >= 4 is 33.8 Å². The molecular weight excluding hydrogens is 314 g/mol. The van der Waals surface area contributed by atoms with Crippen LogP contribution in [0, 0.1) is 13.8 Å². The predicted molar refractivity (Wildman–Crippen MR) is 86.4 cm³/mol. The highest BCUT2D eigenvalue weighted by atomic mass is 32.1. The molecule has 0 atom stereocenters. The van der Waals surface area contributed by atoms with Crippen LogP contribution >= 0.6 is 11.3 Å². The van der Waals surface area contributed by atoms with E-state index in [2.05, 4.69) is 4.98 Å². The molecule has 0 fully saturated rings. The van der Waals surface area contributed by atoms with Gasteiger partial charge in [0.05, 0.1) is 5.69 Å². The number of carbonyl (C=O) groups excluding carboxylic acids is 2. The van der Waals surface area contributed by atoms with Crippen LogP contribution in [-0.2, 0) is 0 Å². The summed E-state index contributed by atoms with van der Waals surface area (Å²) >= 11 is 1.07. The van der Waals surface area contributed by atoms with Gasteiger partial charge in [0.15, 0.2) is 4.96 Å². The lowest BCUT2D eigenvalue weighted by atomic mass is 10.2. The number of aromatic nitrogens is 2. The van der Waals surface area contributed by atoms with Crippen molar-refractivity contribution in [3.63, 3.8) is 0 Å². The largest absolute Gasteiger partial charge is 0.284 e. The van der Waals surface area contributed by atoms with Gasteiger partial charge in [-0.05, 0) is 26.0 Å². The van der Waals surface area contributed by atoms with Crippen LogP contribution in [0.25, 0.3) is 4.96 Å². The highest BCUT2D eigenvalue weighted by molar-refractivity contribution is 7.19.